The first-order valence-corrected chi connectivity index (χ1v) is 9.37. The predicted octanol–water partition coefficient (Wildman–Crippen LogP) is 2.37. The number of hydrogen-bond donors (Lipinski definition) is 3. The molecule has 7 heteroatoms. The first kappa shape index (κ1) is 18.6. The van der Waals surface area contributed by atoms with Gasteiger partial charge in [0.25, 0.3) is 11.8 Å². The summed E-state index contributed by atoms with van der Waals surface area (Å²) in [6, 6.07) is 17.4. The van der Waals surface area contributed by atoms with Gasteiger partial charge in [0.1, 0.15) is 0 Å². The number of carbonyl (C=O) groups excluding carboxylic acids is 2. The van der Waals surface area contributed by atoms with E-state index in [0.717, 1.165) is 6.42 Å². The molecule has 1 aliphatic carbocycles. The number of nitrogens with two attached hydrogens (primary N) is 1. The molecule has 0 spiro atoms. The third-order valence-electron chi connectivity index (χ3n) is 5.00. The van der Waals surface area contributed by atoms with Crippen LogP contribution in [0.3, 0.4) is 0 Å². The largest absolute Gasteiger partial charge is 0.382 e. The van der Waals surface area contributed by atoms with Crippen LogP contribution in [0.25, 0.3) is 11.3 Å². The van der Waals surface area contributed by atoms with Gasteiger partial charge in [-0.05, 0) is 24.1 Å². The Hall–Kier alpha value is -3.74. The van der Waals surface area contributed by atoms with Crippen LogP contribution in [0.5, 0.6) is 0 Å². The van der Waals surface area contributed by atoms with E-state index in [4.69, 9.17) is 5.73 Å². The molecule has 7 nitrogen and oxygen atoms in total. The lowest BCUT2D eigenvalue weighted by molar-refractivity contribution is 0.0945. The summed E-state index contributed by atoms with van der Waals surface area (Å²) in [7, 11) is 1.50. The Labute approximate surface area is 168 Å². The number of nitrogen functional groups attached to an aromatic ring is 1. The van der Waals surface area contributed by atoms with Crippen molar-refractivity contribution in [2.45, 2.75) is 18.4 Å². The van der Waals surface area contributed by atoms with E-state index in [0.29, 0.717) is 22.7 Å². The highest BCUT2D eigenvalue weighted by Gasteiger charge is 2.39. The highest BCUT2D eigenvalue weighted by Crippen LogP contribution is 2.40. The molecule has 1 fully saturated rings. The number of hydrogen-bond acceptors (Lipinski definition) is 5. The van der Waals surface area contributed by atoms with Gasteiger partial charge in [0.15, 0.2) is 11.5 Å². The lowest BCUT2D eigenvalue weighted by Gasteiger charge is -2.09. The van der Waals surface area contributed by atoms with Crippen molar-refractivity contribution in [2.75, 3.05) is 12.8 Å². The van der Waals surface area contributed by atoms with Crippen LogP contribution in [-0.2, 0) is 0 Å². The lowest BCUT2D eigenvalue weighted by atomic mass is 10.1. The van der Waals surface area contributed by atoms with Gasteiger partial charge in [-0.15, -0.1) is 0 Å². The van der Waals surface area contributed by atoms with Crippen molar-refractivity contribution in [3.8, 4) is 11.3 Å². The number of nitrogens with zero attached hydrogens (tertiary/aromatic N) is 2. The third-order valence-corrected chi connectivity index (χ3v) is 5.00. The summed E-state index contributed by atoms with van der Waals surface area (Å²) in [4.78, 5) is 33.0. The van der Waals surface area contributed by atoms with Gasteiger partial charge in [-0.1, -0.05) is 42.5 Å². The van der Waals surface area contributed by atoms with Gasteiger partial charge in [0.05, 0.1) is 11.9 Å². The van der Waals surface area contributed by atoms with Crippen LogP contribution in [0, 0.1) is 0 Å². The molecule has 0 radical (unpaired) electrons. The zero-order valence-corrected chi connectivity index (χ0v) is 15.9. The molecular weight excluding hydrogens is 366 g/mol. The molecule has 2 amide bonds. The smallest absolute Gasteiger partial charge is 0.273 e. The standard InChI is InChI=1S/C22H21N5O2/c1-24-22(29)19-20(23)25-12-18(26-19)14-8-5-9-15(10-14)21(28)27-17-11-16(17)13-6-3-2-4-7-13/h2-10,12,16-17H,11H2,1H3,(H2,23,25)(H,24,29)(H,27,28)/t16-,17+/m0/s1. The van der Waals surface area contributed by atoms with Crippen molar-refractivity contribution in [1.29, 1.82) is 0 Å². The molecule has 1 aromatic heterocycles. The molecule has 1 heterocycles. The normalized spacial score (nSPS) is 17.4. The van der Waals surface area contributed by atoms with Gasteiger partial charge in [-0.3, -0.25) is 9.59 Å². The van der Waals surface area contributed by atoms with Gasteiger partial charge in [-0.25, -0.2) is 9.97 Å². The molecule has 4 rings (SSSR count). The number of amides is 2. The number of rotatable bonds is 5. The fraction of sp³-hybridized carbons (Fsp3) is 0.182. The molecule has 0 unspecified atom stereocenters. The molecule has 0 saturated heterocycles. The maximum atomic E-state index is 12.7. The second-order valence-electron chi connectivity index (χ2n) is 6.98. The van der Waals surface area contributed by atoms with E-state index in [-0.39, 0.29) is 23.5 Å². The van der Waals surface area contributed by atoms with Crippen molar-refractivity contribution in [2.24, 2.45) is 0 Å². The fourth-order valence-corrected chi connectivity index (χ4v) is 3.32. The maximum Gasteiger partial charge on any atom is 0.273 e. The first-order valence-electron chi connectivity index (χ1n) is 9.37. The Morgan fingerprint density at radius 3 is 2.62 bits per heavy atom. The monoisotopic (exact) mass is 387 g/mol. The van der Waals surface area contributed by atoms with Crippen LogP contribution < -0.4 is 16.4 Å². The van der Waals surface area contributed by atoms with Gasteiger partial charge in [0.2, 0.25) is 0 Å². The van der Waals surface area contributed by atoms with E-state index in [1.165, 1.54) is 18.8 Å². The minimum atomic E-state index is -0.411. The van der Waals surface area contributed by atoms with Crippen molar-refractivity contribution < 1.29 is 9.59 Å². The Morgan fingerprint density at radius 2 is 1.86 bits per heavy atom. The van der Waals surface area contributed by atoms with Crippen LogP contribution in [0.2, 0.25) is 0 Å². The van der Waals surface area contributed by atoms with Gasteiger partial charge < -0.3 is 16.4 Å². The summed E-state index contributed by atoms with van der Waals surface area (Å²) in [6.07, 6.45) is 2.43. The van der Waals surface area contributed by atoms with Crippen LogP contribution >= 0.6 is 0 Å². The molecule has 2 atom stereocenters. The van der Waals surface area contributed by atoms with Crippen LogP contribution in [0.15, 0.2) is 60.8 Å². The summed E-state index contributed by atoms with van der Waals surface area (Å²) in [5.41, 5.74) is 8.73. The minimum Gasteiger partial charge on any atom is -0.382 e. The predicted molar refractivity (Wildman–Crippen MR) is 110 cm³/mol. The number of anilines is 1. The Morgan fingerprint density at radius 1 is 1.07 bits per heavy atom. The van der Waals surface area contributed by atoms with E-state index in [9.17, 15) is 9.59 Å². The van der Waals surface area contributed by atoms with Crippen molar-refractivity contribution >= 4 is 17.6 Å². The average molecular weight is 387 g/mol. The van der Waals surface area contributed by atoms with E-state index in [1.807, 2.05) is 24.3 Å². The molecule has 1 saturated carbocycles. The highest BCUT2D eigenvalue weighted by molar-refractivity contribution is 5.97. The summed E-state index contributed by atoms with van der Waals surface area (Å²) in [5, 5.41) is 5.58. The van der Waals surface area contributed by atoms with Crippen molar-refractivity contribution in [1.82, 2.24) is 20.6 Å². The molecule has 4 N–H and O–H groups in total. The van der Waals surface area contributed by atoms with Crippen molar-refractivity contribution in [3.05, 3.63) is 77.6 Å². The van der Waals surface area contributed by atoms with Crippen LogP contribution in [0.4, 0.5) is 5.82 Å². The first-order chi connectivity index (χ1) is 14.1. The highest BCUT2D eigenvalue weighted by atomic mass is 16.2. The minimum absolute atomic E-state index is 0.0580. The van der Waals surface area contributed by atoms with E-state index in [1.54, 1.807) is 18.2 Å². The summed E-state index contributed by atoms with van der Waals surface area (Å²) < 4.78 is 0. The van der Waals surface area contributed by atoms with Gasteiger partial charge in [-0.2, -0.15) is 0 Å². The SMILES string of the molecule is CNC(=O)c1nc(-c2cccc(C(=O)N[C@@H]3C[C@H]3c3ccccc3)c2)cnc1N. The average Bonchev–Trinajstić information content (AvgIpc) is 3.53. The van der Waals surface area contributed by atoms with E-state index < -0.39 is 5.91 Å². The Bertz CT molecular complexity index is 1070. The van der Waals surface area contributed by atoms with Crippen LogP contribution in [-0.4, -0.2) is 34.9 Å². The fourth-order valence-electron chi connectivity index (χ4n) is 3.32. The number of carbonyl (C=O) groups is 2. The third kappa shape index (κ3) is 3.94. The molecule has 0 bridgehead atoms. The zero-order valence-electron chi connectivity index (χ0n) is 15.9. The quantitative estimate of drug-likeness (QED) is 0.623. The maximum absolute atomic E-state index is 12.7. The van der Waals surface area contributed by atoms with E-state index >= 15 is 0 Å². The topological polar surface area (TPSA) is 110 Å². The summed E-state index contributed by atoms with van der Waals surface area (Å²) >= 11 is 0. The number of nitrogens with one attached hydrogen (secondary N) is 2. The lowest BCUT2D eigenvalue weighted by Crippen LogP contribution is -2.26. The molecule has 3 aromatic rings. The Kier molecular flexibility index (Phi) is 4.95. The zero-order chi connectivity index (χ0) is 20.4. The molecule has 146 valence electrons. The molecule has 2 aromatic carbocycles. The second kappa shape index (κ2) is 7.71. The van der Waals surface area contributed by atoms with Crippen LogP contribution in [0.1, 0.15) is 38.7 Å². The van der Waals surface area contributed by atoms with E-state index in [2.05, 4.69) is 32.7 Å². The number of benzene rings is 2. The summed E-state index contributed by atoms with van der Waals surface area (Å²) in [6.45, 7) is 0. The van der Waals surface area contributed by atoms with Gasteiger partial charge in [0, 0.05) is 30.1 Å². The molecular formula is C22H21N5O2. The molecule has 1 aliphatic rings. The Balaban J connectivity index is 1.51. The van der Waals surface area contributed by atoms with Gasteiger partial charge >= 0.3 is 0 Å². The number of aromatic nitrogens is 2. The molecule has 0 aliphatic heterocycles. The summed E-state index contributed by atoms with van der Waals surface area (Å²) in [5.74, 6) is -0.124. The second-order valence-corrected chi connectivity index (χ2v) is 6.98. The molecule has 29 heavy (non-hydrogen) atoms. The van der Waals surface area contributed by atoms with Crippen molar-refractivity contribution in [3.63, 3.8) is 0 Å².